The number of hydrogen-bond acceptors (Lipinski definition) is 2. The largest absolute Gasteiger partial charge is 0.477 e. The van der Waals surface area contributed by atoms with Crippen LogP contribution in [0.4, 0.5) is 8.78 Å². The topological polar surface area (TPSA) is 59.3 Å². The molecule has 1 rings (SSSR count). The van der Waals surface area contributed by atoms with Crippen molar-refractivity contribution in [2.24, 2.45) is 0 Å². The van der Waals surface area contributed by atoms with E-state index in [0.717, 1.165) is 18.2 Å². The lowest BCUT2D eigenvalue weighted by molar-refractivity contribution is 0.0499. The van der Waals surface area contributed by atoms with Gasteiger partial charge in [0.15, 0.2) is 0 Å². The van der Waals surface area contributed by atoms with Crippen molar-refractivity contribution in [2.45, 2.75) is 6.55 Å². The predicted molar refractivity (Wildman–Crippen MR) is 38.9 cm³/mol. The molecule has 6 heteroatoms. The summed E-state index contributed by atoms with van der Waals surface area (Å²) >= 11 is 0. The van der Waals surface area contributed by atoms with E-state index in [1.807, 2.05) is 0 Å². The highest BCUT2D eigenvalue weighted by molar-refractivity contribution is 5.85. The van der Waals surface area contributed by atoms with Crippen LogP contribution in [0.15, 0.2) is 23.0 Å². The Kier molecular flexibility index (Phi) is 2.41. The SMILES string of the molecule is O=C(O)c1cccc(=O)n1C(F)F. The summed E-state index contributed by atoms with van der Waals surface area (Å²) in [7, 11) is 0. The molecule has 1 N–H and O–H groups in total. The normalized spacial score (nSPS) is 10.4. The fourth-order valence-corrected chi connectivity index (χ4v) is 0.877. The van der Waals surface area contributed by atoms with Gasteiger partial charge in [0, 0.05) is 6.07 Å². The van der Waals surface area contributed by atoms with Crippen molar-refractivity contribution in [3.05, 3.63) is 34.2 Å². The van der Waals surface area contributed by atoms with E-state index >= 15 is 0 Å². The van der Waals surface area contributed by atoms with Crippen LogP contribution in [0, 0.1) is 0 Å². The molecule has 0 saturated heterocycles. The Hall–Kier alpha value is -1.72. The summed E-state index contributed by atoms with van der Waals surface area (Å²) in [4.78, 5) is 21.2. The summed E-state index contributed by atoms with van der Waals surface area (Å²) in [5, 5.41) is 8.45. The molecule has 0 amide bonds. The Balaban J connectivity index is 3.43. The van der Waals surface area contributed by atoms with E-state index in [-0.39, 0.29) is 4.57 Å². The molecule has 1 aromatic heterocycles. The first-order chi connectivity index (χ1) is 6.04. The van der Waals surface area contributed by atoms with Crippen molar-refractivity contribution in [3.8, 4) is 0 Å². The lowest BCUT2D eigenvalue weighted by atomic mass is 10.3. The van der Waals surface area contributed by atoms with Gasteiger partial charge in [-0.1, -0.05) is 6.07 Å². The third-order valence-electron chi connectivity index (χ3n) is 1.40. The Morgan fingerprint density at radius 3 is 2.46 bits per heavy atom. The molecule has 70 valence electrons. The van der Waals surface area contributed by atoms with Crippen LogP contribution in [0.2, 0.25) is 0 Å². The minimum absolute atomic E-state index is 0.0810. The average molecular weight is 189 g/mol. The second-order valence-electron chi connectivity index (χ2n) is 2.20. The molecular formula is C7H5F2NO3. The van der Waals surface area contributed by atoms with Crippen LogP contribution in [0.25, 0.3) is 0 Å². The molecule has 0 bridgehead atoms. The highest BCUT2D eigenvalue weighted by Gasteiger charge is 2.16. The summed E-state index contributed by atoms with van der Waals surface area (Å²) in [6.07, 6.45) is 0. The maximum Gasteiger partial charge on any atom is 0.352 e. The van der Waals surface area contributed by atoms with Crippen LogP contribution < -0.4 is 5.56 Å². The van der Waals surface area contributed by atoms with Crippen molar-refractivity contribution in [3.63, 3.8) is 0 Å². The summed E-state index contributed by atoms with van der Waals surface area (Å²) in [5.41, 5.74) is -1.75. The van der Waals surface area contributed by atoms with Crippen LogP contribution in [0.1, 0.15) is 17.0 Å². The number of carboxylic acid groups (broad SMARTS) is 1. The van der Waals surface area contributed by atoms with Gasteiger partial charge in [-0.05, 0) is 6.07 Å². The fourth-order valence-electron chi connectivity index (χ4n) is 0.877. The molecule has 0 fully saturated rings. The molecule has 0 saturated carbocycles. The van der Waals surface area contributed by atoms with Crippen LogP contribution in [0.3, 0.4) is 0 Å². The first kappa shape index (κ1) is 9.37. The van der Waals surface area contributed by atoms with Gasteiger partial charge in [0.1, 0.15) is 5.69 Å². The van der Waals surface area contributed by atoms with Crippen LogP contribution >= 0.6 is 0 Å². The number of carbonyl (C=O) groups is 1. The van der Waals surface area contributed by atoms with Gasteiger partial charge >= 0.3 is 12.5 Å². The lowest BCUT2D eigenvalue weighted by Crippen LogP contribution is -2.25. The van der Waals surface area contributed by atoms with E-state index in [9.17, 15) is 18.4 Å². The number of aromatic carboxylic acids is 1. The molecule has 0 unspecified atom stereocenters. The highest BCUT2D eigenvalue weighted by Crippen LogP contribution is 2.09. The first-order valence-corrected chi connectivity index (χ1v) is 3.27. The van der Waals surface area contributed by atoms with E-state index in [2.05, 4.69) is 0 Å². The number of alkyl halides is 2. The van der Waals surface area contributed by atoms with E-state index in [0.29, 0.717) is 0 Å². The summed E-state index contributed by atoms with van der Waals surface area (Å²) in [6, 6.07) is 2.93. The number of hydrogen-bond donors (Lipinski definition) is 1. The summed E-state index contributed by atoms with van der Waals surface area (Å²) < 4.78 is 24.2. The number of aromatic nitrogens is 1. The smallest absolute Gasteiger partial charge is 0.352 e. The van der Waals surface area contributed by atoms with Crippen molar-refractivity contribution in [2.75, 3.05) is 0 Å². The molecule has 0 atom stereocenters. The van der Waals surface area contributed by atoms with Gasteiger partial charge in [0.05, 0.1) is 0 Å². The summed E-state index contributed by atoms with van der Waals surface area (Å²) in [6.45, 7) is -3.14. The third-order valence-corrected chi connectivity index (χ3v) is 1.40. The van der Waals surface area contributed by atoms with Gasteiger partial charge in [0.25, 0.3) is 5.56 Å². The van der Waals surface area contributed by atoms with Crippen molar-refractivity contribution in [1.29, 1.82) is 0 Å². The molecule has 0 radical (unpaired) electrons. The molecule has 0 aliphatic carbocycles. The third kappa shape index (κ3) is 1.71. The Bertz CT molecular complexity index is 386. The predicted octanol–water partition coefficient (Wildman–Crippen LogP) is 0.942. The Labute approximate surface area is 71.0 Å². The molecule has 0 aliphatic heterocycles. The van der Waals surface area contributed by atoms with Crippen LogP contribution in [-0.4, -0.2) is 15.6 Å². The minimum Gasteiger partial charge on any atom is -0.477 e. The summed E-state index contributed by atoms with van der Waals surface area (Å²) in [5.74, 6) is -1.56. The van der Waals surface area contributed by atoms with Gasteiger partial charge in [-0.2, -0.15) is 8.78 Å². The van der Waals surface area contributed by atoms with Crippen LogP contribution in [-0.2, 0) is 0 Å². The quantitative estimate of drug-likeness (QED) is 0.753. The molecule has 0 aliphatic rings. The lowest BCUT2D eigenvalue weighted by Gasteiger charge is -2.06. The number of nitrogens with zero attached hydrogens (tertiary/aromatic N) is 1. The van der Waals surface area contributed by atoms with E-state index < -0.39 is 23.8 Å². The second kappa shape index (κ2) is 3.34. The molecular weight excluding hydrogens is 184 g/mol. The molecule has 0 aromatic carbocycles. The zero-order valence-electron chi connectivity index (χ0n) is 6.28. The van der Waals surface area contributed by atoms with Crippen LogP contribution in [0.5, 0.6) is 0 Å². The van der Waals surface area contributed by atoms with Gasteiger partial charge in [-0.3, -0.25) is 4.79 Å². The molecule has 1 heterocycles. The number of halogens is 2. The fraction of sp³-hybridized carbons (Fsp3) is 0.143. The van der Waals surface area contributed by atoms with Gasteiger partial charge in [-0.15, -0.1) is 0 Å². The molecule has 1 aromatic rings. The van der Waals surface area contributed by atoms with Crippen molar-refractivity contribution in [1.82, 2.24) is 4.57 Å². The number of carboxylic acids is 1. The Morgan fingerprint density at radius 2 is 2.08 bits per heavy atom. The van der Waals surface area contributed by atoms with E-state index in [1.54, 1.807) is 0 Å². The number of pyridine rings is 1. The zero-order valence-corrected chi connectivity index (χ0v) is 6.28. The molecule has 0 spiro atoms. The first-order valence-electron chi connectivity index (χ1n) is 3.27. The van der Waals surface area contributed by atoms with E-state index in [4.69, 9.17) is 5.11 Å². The van der Waals surface area contributed by atoms with Gasteiger partial charge in [-0.25, -0.2) is 9.36 Å². The minimum atomic E-state index is -3.14. The molecule has 13 heavy (non-hydrogen) atoms. The Morgan fingerprint density at radius 1 is 1.46 bits per heavy atom. The zero-order chi connectivity index (χ0) is 10.0. The number of rotatable bonds is 2. The highest BCUT2D eigenvalue weighted by atomic mass is 19.3. The van der Waals surface area contributed by atoms with Crippen molar-refractivity contribution >= 4 is 5.97 Å². The van der Waals surface area contributed by atoms with Crippen molar-refractivity contribution < 1.29 is 18.7 Å². The molecule has 4 nitrogen and oxygen atoms in total. The van der Waals surface area contributed by atoms with Gasteiger partial charge in [0.2, 0.25) is 0 Å². The second-order valence-corrected chi connectivity index (χ2v) is 2.20. The van der Waals surface area contributed by atoms with Gasteiger partial charge < -0.3 is 5.11 Å². The maximum absolute atomic E-state index is 12.1. The monoisotopic (exact) mass is 189 g/mol. The van der Waals surface area contributed by atoms with E-state index in [1.165, 1.54) is 0 Å². The average Bonchev–Trinajstić information content (AvgIpc) is 2.02. The standard InChI is InChI=1S/C7H5F2NO3/c8-7(9)10-4(6(12)13)2-1-3-5(10)11/h1-3,7H,(H,12,13). The maximum atomic E-state index is 12.1.